The molecule has 2 heterocycles. The number of carbonyl (C=O) groups is 1. The molecule has 2 aromatic heterocycles. The Morgan fingerprint density at radius 2 is 2.22 bits per heavy atom. The number of halogens is 1. The summed E-state index contributed by atoms with van der Waals surface area (Å²) in [7, 11) is 0. The molecule has 0 radical (unpaired) electrons. The quantitative estimate of drug-likeness (QED) is 0.770. The van der Waals surface area contributed by atoms with Crippen LogP contribution in [-0.4, -0.2) is 21.5 Å². The van der Waals surface area contributed by atoms with Crippen LogP contribution in [0.1, 0.15) is 35.0 Å². The molecule has 2 atom stereocenters. The second-order valence-corrected chi connectivity index (χ2v) is 7.26. The third-order valence-electron chi connectivity index (χ3n) is 4.44. The van der Waals surface area contributed by atoms with Gasteiger partial charge in [0, 0.05) is 28.5 Å². The molecule has 23 heavy (non-hydrogen) atoms. The summed E-state index contributed by atoms with van der Waals surface area (Å²) in [6.45, 7) is 0. The van der Waals surface area contributed by atoms with Gasteiger partial charge in [0.2, 0.25) is 0 Å². The lowest BCUT2D eigenvalue weighted by Crippen LogP contribution is -2.37. The first-order chi connectivity index (χ1) is 11.2. The number of rotatable bonds is 3. The second kappa shape index (κ2) is 5.98. The number of hydrogen-bond acceptors (Lipinski definition) is 3. The molecule has 1 N–H and O–H groups in total. The van der Waals surface area contributed by atoms with Gasteiger partial charge in [-0.2, -0.15) is 0 Å². The third-order valence-corrected chi connectivity index (χ3v) is 6.12. The molecular weight excluding hydrogens is 330 g/mol. The van der Waals surface area contributed by atoms with E-state index in [1.165, 1.54) is 11.3 Å². The van der Waals surface area contributed by atoms with Crippen molar-refractivity contribution in [2.24, 2.45) is 0 Å². The van der Waals surface area contributed by atoms with Crippen molar-refractivity contribution in [2.75, 3.05) is 0 Å². The zero-order valence-electron chi connectivity index (χ0n) is 12.4. The van der Waals surface area contributed by atoms with Gasteiger partial charge in [-0.15, -0.1) is 11.3 Å². The van der Waals surface area contributed by atoms with Gasteiger partial charge in [0.15, 0.2) is 0 Å². The van der Waals surface area contributed by atoms with Crippen LogP contribution < -0.4 is 5.32 Å². The fraction of sp³-hybridized carbons (Fsp3) is 0.294. The van der Waals surface area contributed by atoms with Gasteiger partial charge < -0.3 is 9.88 Å². The molecule has 1 aliphatic carbocycles. The summed E-state index contributed by atoms with van der Waals surface area (Å²) < 4.78 is 3.13. The average Bonchev–Trinajstić information content (AvgIpc) is 3.27. The third kappa shape index (κ3) is 2.64. The van der Waals surface area contributed by atoms with Crippen molar-refractivity contribution in [2.45, 2.75) is 31.3 Å². The second-order valence-electron chi connectivity index (χ2n) is 5.83. The van der Waals surface area contributed by atoms with Crippen molar-refractivity contribution >= 4 is 38.9 Å². The van der Waals surface area contributed by atoms with Crippen LogP contribution in [0.3, 0.4) is 0 Å². The summed E-state index contributed by atoms with van der Waals surface area (Å²) >= 11 is 7.86. The molecule has 0 saturated heterocycles. The summed E-state index contributed by atoms with van der Waals surface area (Å²) in [4.78, 5) is 17.4. The fourth-order valence-electron chi connectivity index (χ4n) is 3.33. The van der Waals surface area contributed by atoms with Gasteiger partial charge in [-0.05, 0) is 25.3 Å². The van der Waals surface area contributed by atoms with Gasteiger partial charge in [-0.25, -0.2) is 4.98 Å². The summed E-state index contributed by atoms with van der Waals surface area (Å²) in [5.41, 5.74) is 0. The lowest BCUT2D eigenvalue weighted by atomic mass is 10.1. The maximum Gasteiger partial charge on any atom is 0.263 e. The van der Waals surface area contributed by atoms with Crippen LogP contribution in [-0.2, 0) is 0 Å². The predicted octanol–water partition coefficient (Wildman–Crippen LogP) is 4.27. The highest BCUT2D eigenvalue weighted by Crippen LogP contribution is 2.36. The number of carbonyl (C=O) groups excluding carboxylic acids is 1. The minimum atomic E-state index is -0.0757. The van der Waals surface area contributed by atoms with E-state index < -0.39 is 0 Å². The van der Waals surface area contributed by atoms with Crippen LogP contribution in [0.25, 0.3) is 10.1 Å². The smallest absolute Gasteiger partial charge is 0.263 e. The largest absolute Gasteiger partial charge is 0.346 e. The van der Waals surface area contributed by atoms with E-state index in [2.05, 4.69) is 14.9 Å². The molecule has 0 unspecified atom stereocenters. The minimum Gasteiger partial charge on any atom is -0.346 e. The van der Waals surface area contributed by atoms with Crippen molar-refractivity contribution in [3.05, 3.63) is 52.9 Å². The number of aromatic nitrogens is 2. The highest BCUT2D eigenvalue weighted by Gasteiger charge is 2.30. The summed E-state index contributed by atoms with van der Waals surface area (Å²) in [5.74, 6) is -0.0757. The van der Waals surface area contributed by atoms with Crippen LogP contribution in [0.5, 0.6) is 0 Å². The Labute approximate surface area is 143 Å². The Bertz CT molecular complexity index is 843. The maximum absolute atomic E-state index is 12.7. The molecule has 1 saturated carbocycles. The van der Waals surface area contributed by atoms with E-state index in [1.807, 2.05) is 36.8 Å². The highest BCUT2D eigenvalue weighted by atomic mass is 35.5. The molecule has 1 aromatic carbocycles. The summed E-state index contributed by atoms with van der Waals surface area (Å²) in [6.07, 6.45) is 8.70. The molecule has 3 aromatic rings. The molecule has 0 spiro atoms. The minimum absolute atomic E-state index is 0.0757. The van der Waals surface area contributed by atoms with Gasteiger partial charge in [0.1, 0.15) is 4.88 Å². The standard InChI is InChI=1S/C17H16ClN3OS/c18-15-11-4-1-2-7-14(11)23-16(15)17(22)20-12-5-3-6-13(12)21-9-8-19-10-21/h1-2,4,7-10,12-13H,3,5-6H2,(H,20,22)/t12-,13+/m0/s1. The number of nitrogens with one attached hydrogen (secondary N) is 1. The molecule has 1 amide bonds. The van der Waals surface area contributed by atoms with E-state index in [1.54, 1.807) is 6.20 Å². The van der Waals surface area contributed by atoms with Gasteiger partial charge in [-0.1, -0.05) is 29.8 Å². The Balaban J connectivity index is 1.58. The molecule has 0 aliphatic heterocycles. The highest BCUT2D eigenvalue weighted by molar-refractivity contribution is 7.21. The number of thiophene rings is 1. The number of benzene rings is 1. The monoisotopic (exact) mass is 345 g/mol. The Morgan fingerprint density at radius 3 is 3.00 bits per heavy atom. The first kappa shape index (κ1) is 14.7. The van der Waals surface area contributed by atoms with Gasteiger partial charge in [-0.3, -0.25) is 4.79 Å². The van der Waals surface area contributed by atoms with Gasteiger partial charge >= 0.3 is 0 Å². The lowest BCUT2D eigenvalue weighted by Gasteiger charge is -2.21. The molecule has 1 aliphatic rings. The van der Waals surface area contributed by atoms with Crippen molar-refractivity contribution in [3.63, 3.8) is 0 Å². The van der Waals surface area contributed by atoms with Crippen LogP contribution >= 0.6 is 22.9 Å². The fourth-order valence-corrected chi connectivity index (χ4v) is 4.75. The van der Waals surface area contributed by atoms with E-state index in [0.717, 1.165) is 29.3 Å². The number of nitrogens with zero attached hydrogens (tertiary/aromatic N) is 2. The number of imidazole rings is 1. The zero-order chi connectivity index (χ0) is 15.8. The zero-order valence-corrected chi connectivity index (χ0v) is 14.0. The molecule has 1 fully saturated rings. The van der Waals surface area contributed by atoms with Crippen LogP contribution in [0, 0.1) is 0 Å². The van der Waals surface area contributed by atoms with Crippen LogP contribution in [0.4, 0.5) is 0 Å². The van der Waals surface area contributed by atoms with E-state index in [0.29, 0.717) is 9.90 Å². The summed E-state index contributed by atoms with van der Waals surface area (Å²) in [6, 6.07) is 8.24. The van der Waals surface area contributed by atoms with Crippen molar-refractivity contribution in [3.8, 4) is 0 Å². The van der Waals surface area contributed by atoms with E-state index in [4.69, 9.17) is 11.6 Å². The topological polar surface area (TPSA) is 46.9 Å². The number of hydrogen-bond donors (Lipinski definition) is 1. The maximum atomic E-state index is 12.7. The summed E-state index contributed by atoms with van der Waals surface area (Å²) in [5, 5.41) is 4.68. The molecule has 0 bridgehead atoms. The van der Waals surface area contributed by atoms with E-state index in [9.17, 15) is 4.79 Å². The molecule has 4 rings (SSSR count). The number of fused-ring (bicyclic) bond motifs is 1. The van der Waals surface area contributed by atoms with Crippen molar-refractivity contribution in [1.82, 2.24) is 14.9 Å². The first-order valence-electron chi connectivity index (χ1n) is 7.69. The van der Waals surface area contributed by atoms with E-state index in [-0.39, 0.29) is 18.0 Å². The SMILES string of the molecule is O=C(N[C@H]1CCC[C@H]1n1ccnc1)c1sc2ccccc2c1Cl. The number of amides is 1. The molecule has 4 nitrogen and oxygen atoms in total. The average molecular weight is 346 g/mol. The van der Waals surface area contributed by atoms with Crippen molar-refractivity contribution < 1.29 is 4.79 Å². The lowest BCUT2D eigenvalue weighted by molar-refractivity contribution is 0.0933. The van der Waals surface area contributed by atoms with Crippen LogP contribution in [0.15, 0.2) is 43.0 Å². The molecular formula is C17H16ClN3OS. The van der Waals surface area contributed by atoms with Gasteiger partial charge in [0.25, 0.3) is 5.91 Å². The molecule has 6 heteroatoms. The normalized spacial score (nSPS) is 20.9. The van der Waals surface area contributed by atoms with Crippen molar-refractivity contribution in [1.29, 1.82) is 0 Å². The predicted molar refractivity (Wildman–Crippen MR) is 93.2 cm³/mol. The van der Waals surface area contributed by atoms with Gasteiger partial charge in [0.05, 0.1) is 17.4 Å². The van der Waals surface area contributed by atoms with E-state index >= 15 is 0 Å². The Hall–Kier alpha value is -1.85. The Morgan fingerprint density at radius 1 is 1.35 bits per heavy atom. The van der Waals surface area contributed by atoms with Crippen LogP contribution in [0.2, 0.25) is 5.02 Å². The molecule has 118 valence electrons. The Kier molecular flexibility index (Phi) is 3.83. The first-order valence-corrected chi connectivity index (χ1v) is 8.89.